The molecule has 106 valence electrons. The summed E-state index contributed by atoms with van der Waals surface area (Å²) in [5.74, 6) is 0.295. The van der Waals surface area contributed by atoms with Gasteiger partial charge in [-0.3, -0.25) is 4.79 Å². The fourth-order valence-electron chi connectivity index (χ4n) is 2.61. The number of hydrogen-bond acceptors (Lipinski definition) is 4. The van der Waals surface area contributed by atoms with Crippen molar-refractivity contribution in [3.63, 3.8) is 0 Å². The van der Waals surface area contributed by atoms with Crippen molar-refractivity contribution in [3.05, 3.63) is 34.4 Å². The first-order valence-corrected chi connectivity index (χ1v) is 6.50. The third-order valence-electron chi connectivity index (χ3n) is 3.37. The van der Waals surface area contributed by atoms with Crippen LogP contribution in [-0.2, 0) is 6.54 Å². The van der Waals surface area contributed by atoms with E-state index in [1.165, 1.54) is 10.2 Å². The van der Waals surface area contributed by atoms with E-state index in [2.05, 4.69) is 17.2 Å². The summed E-state index contributed by atoms with van der Waals surface area (Å²) in [6.45, 7) is 6.21. The molecule has 2 rings (SSSR count). The van der Waals surface area contributed by atoms with E-state index in [4.69, 9.17) is 10.8 Å². The van der Waals surface area contributed by atoms with Gasteiger partial charge in [0.2, 0.25) is 0 Å². The number of carbonyl (C=O) groups is 1. The van der Waals surface area contributed by atoms with Gasteiger partial charge in [0.05, 0.1) is 18.7 Å². The normalized spacial score (nSPS) is 10.8. The van der Waals surface area contributed by atoms with Gasteiger partial charge in [0.15, 0.2) is 6.29 Å². The van der Waals surface area contributed by atoms with Crippen LogP contribution in [0.2, 0.25) is 0 Å². The zero-order valence-electron chi connectivity index (χ0n) is 12.0. The molecular weight excluding hydrogens is 254 g/mol. The molecule has 1 aromatic carbocycles. The smallest absolute Gasteiger partial charge is 0.156 e. The van der Waals surface area contributed by atoms with Crippen molar-refractivity contribution >= 4 is 12.1 Å². The van der Waals surface area contributed by atoms with Gasteiger partial charge in [-0.05, 0) is 31.9 Å². The van der Waals surface area contributed by atoms with Gasteiger partial charge in [-0.15, -0.1) is 0 Å². The number of aromatic nitrogens is 2. The van der Waals surface area contributed by atoms with Crippen molar-refractivity contribution in [1.82, 2.24) is 9.78 Å². The monoisotopic (exact) mass is 273 g/mol. The van der Waals surface area contributed by atoms with Crippen LogP contribution in [0.4, 0.5) is 5.82 Å². The number of aliphatic hydroxyl groups is 1. The number of aldehydes is 1. The number of benzene rings is 1. The average Bonchev–Trinajstić information content (AvgIpc) is 2.65. The standard InChI is InChI=1S/C15H19N3O2/c1-9-6-10(2)13(11(3)7-9)14-12(8-20)15(16)18(17-14)4-5-19/h6-8,19H,4-5,16H2,1-3H3. The SMILES string of the molecule is Cc1cc(C)c(-c2nn(CCO)c(N)c2C=O)c(C)c1. The van der Waals surface area contributed by atoms with E-state index in [0.717, 1.165) is 23.0 Å². The molecule has 1 aromatic heterocycles. The highest BCUT2D eigenvalue weighted by Crippen LogP contribution is 2.31. The van der Waals surface area contributed by atoms with Gasteiger partial charge in [0.1, 0.15) is 11.5 Å². The minimum absolute atomic E-state index is 0.0739. The molecule has 5 heteroatoms. The summed E-state index contributed by atoms with van der Waals surface area (Å²) in [5, 5.41) is 13.4. The average molecular weight is 273 g/mol. The topological polar surface area (TPSA) is 81.1 Å². The van der Waals surface area contributed by atoms with Crippen molar-refractivity contribution in [3.8, 4) is 11.3 Å². The molecule has 0 spiro atoms. The zero-order valence-corrected chi connectivity index (χ0v) is 12.0. The van der Waals surface area contributed by atoms with Gasteiger partial charge in [0, 0.05) is 5.56 Å². The van der Waals surface area contributed by atoms with Crippen LogP contribution in [0.5, 0.6) is 0 Å². The van der Waals surface area contributed by atoms with Crippen LogP contribution >= 0.6 is 0 Å². The Morgan fingerprint density at radius 1 is 1.30 bits per heavy atom. The summed E-state index contributed by atoms with van der Waals surface area (Å²) in [6.07, 6.45) is 0.726. The van der Waals surface area contributed by atoms with Crippen LogP contribution < -0.4 is 5.73 Å². The number of carbonyl (C=O) groups excluding carboxylic acids is 1. The van der Waals surface area contributed by atoms with Gasteiger partial charge < -0.3 is 10.8 Å². The molecular formula is C15H19N3O2. The summed E-state index contributed by atoms with van der Waals surface area (Å²) in [6, 6.07) is 4.11. The summed E-state index contributed by atoms with van der Waals surface area (Å²) in [4.78, 5) is 11.3. The molecule has 0 unspecified atom stereocenters. The Morgan fingerprint density at radius 2 is 1.90 bits per heavy atom. The maximum absolute atomic E-state index is 11.3. The van der Waals surface area contributed by atoms with E-state index in [0.29, 0.717) is 17.1 Å². The number of hydrogen-bond donors (Lipinski definition) is 2. The minimum Gasteiger partial charge on any atom is -0.394 e. The number of rotatable bonds is 4. The Morgan fingerprint density at radius 3 is 2.40 bits per heavy atom. The second-order valence-electron chi connectivity index (χ2n) is 4.99. The summed E-state index contributed by atoms with van der Waals surface area (Å²) < 4.78 is 1.47. The van der Waals surface area contributed by atoms with Crippen LogP contribution in [-0.4, -0.2) is 27.8 Å². The van der Waals surface area contributed by atoms with E-state index in [-0.39, 0.29) is 13.2 Å². The molecule has 0 radical (unpaired) electrons. The van der Waals surface area contributed by atoms with Crippen LogP contribution in [0.25, 0.3) is 11.3 Å². The fourth-order valence-corrected chi connectivity index (χ4v) is 2.61. The van der Waals surface area contributed by atoms with Gasteiger partial charge in [-0.1, -0.05) is 17.7 Å². The molecule has 1 heterocycles. The van der Waals surface area contributed by atoms with Crippen LogP contribution in [0.15, 0.2) is 12.1 Å². The van der Waals surface area contributed by atoms with Crippen LogP contribution in [0.3, 0.4) is 0 Å². The number of aliphatic hydroxyl groups excluding tert-OH is 1. The number of nitrogens with zero attached hydrogens (tertiary/aromatic N) is 2. The number of nitrogens with two attached hydrogens (primary N) is 1. The van der Waals surface area contributed by atoms with Crippen molar-refractivity contribution in [2.24, 2.45) is 0 Å². The van der Waals surface area contributed by atoms with E-state index >= 15 is 0 Å². The molecule has 0 aliphatic carbocycles. The third kappa shape index (κ3) is 2.32. The summed E-state index contributed by atoms with van der Waals surface area (Å²) in [5.41, 5.74) is 11.1. The van der Waals surface area contributed by atoms with E-state index in [1.54, 1.807) is 0 Å². The van der Waals surface area contributed by atoms with E-state index in [1.807, 2.05) is 20.8 Å². The molecule has 3 N–H and O–H groups in total. The largest absolute Gasteiger partial charge is 0.394 e. The minimum atomic E-state index is -0.0739. The second-order valence-corrected chi connectivity index (χ2v) is 4.99. The molecule has 0 bridgehead atoms. The summed E-state index contributed by atoms with van der Waals surface area (Å²) in [7, 11) is 0. The van der Waals surface area contributed by atoms with Crippen LogP contribution in [0, 0.1) is 20.8 Å². The molecule has 0 atom stereocenters. The quantitative estimate of drug-likeness (QED) is 0.833. The molecule has 0 fully saturated rings. The highest BCUT2D eigenvalue weighted by Gasteiger charge is 2.19. The molecule has 0 aliphatic heterocycles. The Bertz CT molecular complexity index is 636. The van der Waals surface area contributed by atoms with Crippen molar-refractivity contribution in [2.75, 3.05) is 12.3 Å². The third-order valence-corrected chi connectivity index (χ3v) is 3.37. The van der Waals surface area contributed by atoms with Crippen LogP contribution in [0.1, 0.15) is 27.0 Å². The van der Waals surface area contributed by atoms with Crippen molar-refractivity contribution in [1.29, 1.82) is 0 Å². The van der Waals surface area contributed by atoms with Gasteiger partial charge in [-0.2, -0.15) is 5.10 Å². The lowest BCUT2D eigenvalue weighted by Crippen LogP contribution is -2.08. The first-order valence-electron chi connectivity index (χ1n) is 6.50. The van der Waals surface area contributed by atoms with Crippen molar-refractivity contribution < 1.29 is 9.90 Å². The van der Waals surface area contributed by atoms with Gasteiger partial charge in [0.25, 0.3) is 0 Å². The lowest BCUT2D eigenvalue weighted by atomic mass is 9.95. The predicted octanol–water partition coefficient (Wildman–Crippen LogP) is 1.86. The second kappa shape index (κ2) is 5.46. The molecule has 20 heavy (non-hydrogen) atoms. The molecule has 0 aliphatic rings. The molecule has 5 nitrogen and oxygen atoms in total. The van der Waals surface area contributed by atoms with Gasteiger partial charge in [-0.25, -0.2) is 4.68 Å². The zero-order chi connectivity index (χ0) is 14.9. The number of aryl methyl sites for hydroxylation is 3. The van der Waals surface area contributed by atoms with E-state index in [9.17, 15) is 4.79 Å². The molecule has 0 saturated heterocycles. The number of anilines is 1. The fraction of sp³-hybridized carbons (Fsp3) is 0.333. The molecule has 2 aromatic rings. The first-order chi connectivity index (χ1) is 9.49. The summed E-state index contributed by atoms with van der Waals surface area (Å²) >= 11 is 0. The van der Waals surface area contributed by atoms with Crippen molar-refractivity contribution in [2.45, 2.75) is 27.3 Å². The van der Waals surface area contributed by atoms with E-state index < -0.39 is 0 Å². The molecule has 0 amide bonds. The lowest BCUT2D eigenvalue weighted by molar-refractivity contribution is 0.112. The Kier molecular flexibility index (Phi) is 3.90. The predicted molar refractivity (Wildman–Crippen MR) is 78.8 cm³/mol. The number of nitrogen functional groups attached to an aromatic ring is 1. The highest BCUT2D eigenvalue weighted by molar-refractivity contribution is 5.92. The molecule has 0 saturated carbocycles. The Balaban J connectivity index is 2.70. The highest BCUT2D eigenvalue weighted by atomic mass is 16.3. The first kappa shape index (κ1) is 14.3. The lowest BCUT2D eigenvalue weighted by Gasteiger charge is -2.09. The Labute approximate surface area is 118 Å². The Hall–Kier alpha value is -2.14. The maximum Gasteiger partial charge on any atom is 0.156 e. The van der Waals surface area contributed by atoms with Gasteiger partial charge >= 0.3 is 0 Å². The maximum atomic E-state index is 11.3.